The molecule has 0 fully saturated rings. The summed E-state index contributed by atoms with van der Waals surface area (Å²) in [6, 6.07) is 0. The monoisotopic (exact) mass is 150 g/mol. The van der Waals surface area contributed by atoms with Gasteiger partial charge >= 0.3 is 0 Å². The van der Waals surface area contributed by atoms with Crippen molar-refractivity contribution in [2.24, 2.45) is 4.99 Å². The SMILES string of the molecule is FCCN1C=NC(Cl)C1. The quantitative estimate of drug-likeness (QED) is 0.421. The van der Waals surface area contributed by atoms with E-state index in [1.807, 2.05) is 0 Å². The smallest absolute Gasteiger partial charge is 0.142 e. The lowest BCUT2D eigenvalue weighted by molar-refractivity contribution is 0.377. The average molecular weight is 151 g/mol. The predicted octanol–water partition coefficient (Wildman–Crippen LogP) is 0.865. The van der Waals surface area contributed by atoms with Crippen LogP contribution in [-0.2, 0) is 0 Å². The summed E-state index contributed by atoms with van der Waals surface area (Å²) in [4.78, 5) is 5.60. The summed E-state index contributed by atoms with van der Waals surface area (Å²) in [5.41, 5.74) is -0.170. The van der Waals surface area contributed by atoms with Gasteiger partial charge in [0.2, 0.25) is 0 Å². The van der Waals surface area contributed by atoms with Crippen LogP contribution in [0, 0.1) is 0 Å². The highest BCUT2D eigenvalue weighted by Gasteiger charge is 2.12. The second-order valence-corrected chi connectivity index (χ2v) is 2.39. The topological polar surface area (TPSA) is 15.6 Å². The first-order valence-electron chi connectivity index (χ1n) is 2.80. The third-order valence-corrected chi connectivity index (χ3v) is 1.40. The van der Waals surface area contributed by atoms with Gasteiger partial charge in [0.05, 0.1) is 12.9 Å². The number of hydrogen-bond acceptors (Lipinski definition) is 2. The fourth-order valence-electron chi connectivity index (χ4n) is 0.712. The Hall–Kier alpha value is -0.310. The second kappa shape index (κ2) is 3.01. The standard InChI is InChI=1S/C5H8ClFN2/c6-5-3-9(2-1-7)4-8-5/h4-5H,1-3H2. The van der Waals surface area contributed by atoms with Crippen molar-refractivity contribution >= 4 is 17.9 Å². The average Bonchev–Trinajstić information content (AvgIpc) is 2.17. The maximum Gasteiger partial charge on any atom is 0.142 e. The third kappa shape index (κ3) is 1.82. The summed E-state index contributed by atoms with van der Waals surface area (Å²) in [6.45, 7) is 0.716. The Kier molecular flexibility index (Phi) is 2.28. The Morgan fingerprint density at radius 2 is 2.67 bits per heavy atom. The van der Waals surface area contributed by atoms with Gasteiger partial charge in [0, 0.05) is 6.54 Å². The summed E-state index contributed by atoms with van der Waals surface area (Å²) in [5, 5.41) is 0. The van der Waals surface area contributed by atoms with E-state index in [0.717, 1.165) is 0 Å². The van der Waals surface area contributed by atoms with Crippen LogP contribution in [0.1, 0.15) is 0 Å². The number of alkyl halides is 2. The van der Waals surface area contributed by atoms with Crippen LogP contribution in [0.4, 0.5) is 4.39 Å². The molecule has 1 heterocycles. The normalized spacial score (nSPS) is 25.6. The zero-order chi connectivity index (χ0) is 6.69. The summed E-state index contributed by atoms with van der Waals surface area (Å²) < 4.78 is 11.6. The van der Waals surface area contributed by atoms with E-state index in [2.05, 4.69) is 4.99 Å². The molecule has 0 aliphatic carbocycles. The van der Waals surface area contributed by atoms with E-state index < -0.39 is 0 Å². The maximum absolute atomic E-state index is 11.6. The highest BCUT2D eigenvalue weighted by atomic mass is 35.5. The number of halogens is 2. The first-order valence-corrected chi connectivity index (χ1v) is 3.24. The van der Waals surface area contributed by atoms with E-state index in [4.69, 9.17) is 11.6 Å². The van der Waals surface area contributed by atoms with E-state index >= 15 is 0 Å². The van der Waals surface area contributed by atoms with Crippen molar-refractivity contribution in [3.8, 4) is 0 Å². The van der Waals surface area contributed by atoms with Gasteiger partial charge in [-0.25, -0.2) is 4.39 Å². The largest absolute Gasteiger partial charge is 0.357 e. The van der Waals surface area contributed by atoms with Crippen LogP contribution >= 0.6 is 11.6 Å². The number of aliphatic imine (C=N–C) groups is 1. The van der Waals surface area contributed by atoms with Crippen molar-refractivity contribution < 1.29 is 4.39 Å². The summed E-state index contributed by atoms with van der Waals surface area (Å²) in [7, 11) is 0. The van der Waals surface area contributed by atoms with Crippen LogP contribution in [0.3, 0.4) is 0 Å². The lowest BCUT2D eigenvalue weighted by atomic mass is 10.5. The van der Waals surface area contributed by atoms with Crippen LogP contribution < -0.4 is 0 Å². The summed E-state index contributed by atoms with van der Waals surface area (Å²) >= 11 is 5.58. The molecule has 0 aromatic rings. The van der Waals surface area contributed by atoms with Gasteiger partial charge in [0.1, 0.15) is 12.2 Å². The van der Waals surface area contributed by atoms with E-state index in [0.29, 0.717) is 13.1 Å². The molecule has 1 aliphatic heterocycles. The second-order valence-electron chi connectivity index (χ2n) is 1.88. The Labute approximate surface area is 58.3 Å². The zero-order valence-electron chi connectivity index (χ0n) is 4.93. The third-order valence-electron chi connectivity index (χ3n) is 1.15. The van der Waals surface area contributed by atoms with Gasteiger partial charge in [-0.1, -0.05) is 11.6 Å². The maximum atomic E-state index is 11.6. The molecule has 1 unspecified atom stereocenters. The van der Waals surface area contributed by atoms with Crippen molar-refractivity contribution in [1.29, 1.82) is 0 Å². The summed E-state index contributed by atoms with van der Waals surface area (Å²) in [5.74, 6) is 0. The molecule has 0 spiro atoms. The van der Waals surface area contributed by atoms with Gasteiger partial charge in [-0.3, -0.25) is 4.99 Å². The number of hydrogen-bond donors (Lipinski definition) is 0. The van der Waals surface area contributed by atoms with Crippen LogP contribution in [0.5, 0.6) is 0 Å². The lowest BCUT2D eigenvalue weighted by Gasteiger charge is -2.10. The van der Waals surface area contributed by atoms with Gasteiger partial charge in [0.15, 0.2) is 0 Å². The van der Waals surface area contributed by atoms with Crippen molar-refractivity contribution in [2.75, 3.05) is 19.8 Å². The Balaban J connectivity index is 2.24. The molecule has 52 valence electrons. The minimum absolute atomic E-state index is 0.170. The highest BCUT2D eigenvalue weighted by Crippen LogP contribution is 2.06. The van der Waals surface area contributed by atoms with Gasteiger partial charge in [0.25, 0.3) is 0 Å². The molecule has 0 aromatic heterocycles. The molecule has 0 saturated carbocycles. The fourth-order valence-corrected chi connectivity index (χ4v) is 0.940. The first-order chi connectivity index (χ1) is 4.33. The molecule has 0 N–H and O–H groups in total. The molecule has 1 rings (SSSR count). The van der Waals surface area contributed by atoms with Crippen LogP contribution in [0.15, 0.2) is 4.99 Å². The van der Waals surface area contributed by atoms with E-state index in [1.54, 1.807) is 11.2 Å². The summed E-state index contributed by atoms with van der Waals surface area (Å²) in [6.07, 6.45) is 1.59. The molecule has 0 aromatic carbocycles. The number of nitrogens with zero attached hydrogens (tertiary/aromatic N) is 2. The minimum atomic E-state index is -0.338. The van der Waals surface area contributed by atoms with Crippen molar-refractivity contribution in [1.82, 2.24) is 4.90 Å². The molecule has 0 saturated heterocycles. The lowest BCUT2D eigenvalue weighted by Crippen LogP contribution is -2.23. The molecular weight excluding hydrogens is 143 g/mol. The van der Waals surface area contributed by atoms with E-state index in [1.165, 1.54) is 0 Å². The zero-order valence-corrected chi connectivity index (χ0v) is 5.68. The Morgan fingerprint density at radius 3 is 3.11 bits per heavy atom. The van der Waals surface area contributed by atoms with Gasteiger partial charge in [-0.2, -0.15) is 0 Å². The molecular formula is C5H8ClFN2. The van der Waals surface area contributed by atoms with Gasteiger partial charge in [-0.15, -0.1) is 0 Å². The number of rotatable bonds is 2. The van der Waals surface area contributed by atoms with Gasteiger partial charge < -0.3 is 4.90 Å². The van der Waals surface area contributed by atoms with Crippen LogP contribution in [0.25, 0.3) is 0 Å². The molecule has 9 heavy (non-hydrogen) atoms. The van der Waals surface area contributed by atoms with Crippen LogP contribution in [-0.4, -0.2) is 36.5 Å². The highest BCUT2D eigenvalue weighted by molar-refractivity contribution is 6.21. The first kappa shape index (κ1) is 6.81. The molecule has 1 aliphatic rings. The molecule has 4 heteroatoms. The van der Waals surface area contributed by atoms with E-state index in [9.17, 15) is 4.39 Å². The molecule has 0 amide bonds. The Bertz CT molecular complexity index is 118. The van der Waals surface area contributed by atoms with Crippen molar-refractivity contribution in [2.45, 2.75) is 5.50 Å². The molecule has 0 bridgehead atoms. The van der Waals surface area contributed by atoms with Gasteiger partial charge in [-0.05, 0) is 0 Å². The fraction of sp³-hybridized carbons (Fsp3) is 0.800. The Morgan fingerprint density at radius 1 is 1.89 bits per heavy atom. The predicted molar refractivity (Wildman–Crippen MR) is 35.7 cm³/mol. The van der Waals surface area contributed by atoms with E-state index in [-0.39, 0.29) is 12.2 Å². The minimum Gasteiger partial charge on any atom is -0.357 e. The van der Waals surface area contributed by atoms with Crippen LogP contribution in [0.2, 0.25) is 0 Å². The molecule has 0 radical (unpaired) electrons. The van der Waals surface area contributed by atoms with Crippen molar-refractivity contribution in [3.63, 3.8) is 0 Å². The van der Waals surface area contributed by atoms with Crippen molar-refractivity contribution in [3.05, 3.63) is 0 Å². The molecule has 2 nitrogen and oxygen atoms in total. The molecule has 1 atom stereocenters.